The van der Waals surface area contributed by atoms with Gasteiger partial charge in [-0.15, -0.1) is 0 Å². The first kappa shape index (κ1) is 20.4. The van der Waals surface area contributed by atoms with Crippen molar-refractivity contribution in [2.75, 3.05) is 0 Å². The van der Waals surface area contributed by atoms with Crippen LogP contribution < -0.4 is 4.72 Å². The summed E-state index contributed by atoms with van der Waals surface area (Å²) >= 11 is 0. The first-order chi connectivity index (χ1) is 15.4. The van der Waals surface area contributed by atoms with Gasteiger partial charge in [0.15, 0.2) is 0 Å². The lowest BCUT2D eigenvalue weighted by molar-refractivity contribution is 0.0983. The number of aromatic nitrogens is 2. The van der Waals surface area contributed by atoms with Gasteiger partial charge in [-0.2, -0.15) is 0 Å². The predicted molar refractivity (Wildman–Crippen MR) is 118 cm³/mol. The molecule has 5 rings (SSSR count). The second-order valence-corrected chi connectivity index (χ2v) is 9.53. The van der Waals surface area contributed by atoms with Crippen molar-refractivity contribution in [3.8, 4) is 0 Å². The number of sulfonamides is 1. The summed E-state index contributed by atoms with van der Waals surface area (Å²) in [5, 5.41) is 0. The number of fused-ring (bicyclic) bond motifs is 1. The van der Waals surface area contributed by atoms with E-state index in [4.69, 9.17) is 4.98 Å². The van der Waals surface area contributed by atoms with Crippen LogP contribution >= 0.6 is 0 Å². The molecule has 1 N–H and O–H groups in total. The van der Waals surface area contributed by atoms with Crippen LogP contribution in [0.5, 0.6) is 0 Å². The lowest BCUT2D eigenvalue weighted by atomic mass is 10.1. The van der Waals surface area contributed by atoms with Crippen LogP contribution in [0.15, 0.2) is 77.7 Å². The molecule has 3 aromatic carbocycles. The van der Waals surface area contributed by atoms with E-state index in [9.17, 15) is 17.6 Å². The van der Waals surface area contributed by atoms with E-state index in [1.54, 1.807) is 48.5 Å². The third kappa shape index (κ3) is 3.78. The molecule has 162 valence electrons. The molecule has 1 aliphatic carbocycles. The molecule has 0 aliphatic heterocycles. The van der Waals surface area contributed by atoms with Crippen LogP contribution in [0.4, 0.5) is 4.39 Å². The van der Waals surface area contributed by atoms with E-state index in [1.807, 2.05) is 10.6 Å². The van der Waals surface area contributed by atoms with Crippen LogP contribution in [0.3, 0.4) is 0 Å². The molecular formula is C24H20FN3O3S. The van der Waals surface area contributed by atoms with Crippen molar-refractivity contribution in [2.45, 2.75) is 30.2 Å². The summed E-state index contributed by atoms with van der Waals surface area (Å²) < 4.78 is 43.6. The van der Waals surface area contributed by atoms with E-state index in [0.717, 1.165) is 18.7 Å². The smallest absolute Gasteiger partial charge is 0.267 e. The number of carbonyl (C=O) groups excluding carboxylic acids is 1. The van der Waals surface area contributed by atoms with Gasteiger partial charge < -0.3 is 4.57 Å². The molecule has 8 heteroatoms. The summed E-state index contributed by atoms with van der Waals surface area (Å²) in [6.45, 7) is 0.280. The van der Waals surface area contributed by atoms with Crippen LogP contribution in [-0.4, -0.2) is 23.9 Å². The second-order valence-electron chi connectivity index (χ2n) is 7.84. The van der Waals surface area contributed by atoms with Crippen molar-refractivity contribution < 1.29 is 17.6 Å². The van der Waals surface area contributed by atoms with Gasteiger partial charge in [-0.25, -0.2) is 22.5 Å². The van der Waals surface area contributed by atoms with Crippen molar-refractivity contribution in [1.29, 1.82) is 0 Å². The fourth-order valence-electron chi connectivity index (χ4n) is 3.80. The number of hydrogen-bond acceptors (Lipinski definition) is 4. The van der Waals surface area contributed by atoms with E-state index < -0.39 is 15.9 Å². The van der Waals surface area contributed by atoms with Gasteiger partial charge in [0.25, 0.3) is 15.9 Å². The highest BCUT2D eigenvalue weighted by Crippen LogP contribution is 2.41. The Bertz CT molecular complexity index is 1430. The fraction of sp³-hybridized carbons (Fsp3) is 0.167. The molecule has 0 radical (unpaired) electrons. The number of para-hydroxylation sites is 1. The van der Waals surface area contributed by atoms with Crippen LogP contribution in [0, 0.1) is 5.82 Å². The van der Waals surface area contributed by atoms with Crippen molar-refractivity contribution in [3.05, 3.63) is 95.6 Å². The minimum absolute atomic E-state index is 0.00396. The summed E-state index contributed by atoms with van der Waals surface area (Å²) in [4.78, 5) is 17.7. The standard InChI is InChI=1S/C24H20FN3O3S/c25-20-11-5-4-7-17(20)15-28-21-12-6-10-19(22(21)26-23(28)16-13-14-16)24(29)27-32(30,31)18-8-2-1-3-9-18/h1-12,16H,13-15H2,(H,27,29). The van der Waals surface area contributed by atoms with Crippen LogP contribution in [-0.2, 0) is 16.6 Å². The summed E-state index contributed by atoms with van der Waals surface area (Å²) in [6, 6.07) is 19.3. The molecule has 1 saturated carbocycles. The molecule has 32 heavy (non-hydrogen) atoms. The zero-order valence-electron chi connectivity index (χ0n) is 17.0. The maximum absolute atomic E-state index is 14.3. The average molecular weight is 450 g/mol. The van der Waals surface area contributed by atoms with Crippen molar-refractivity contribution in [3.63, 3.8) is 0 Å². The first-order valence-electron chi connectivity index (χ1n) is 10.3. The van der Waals surface area contributed by atoms with Gasteiger partial charge in [0.1, 0.15) is 17.2 Å². The molecule has 0 atom stereocenters. The summed E-state index contributed by atoms with van der Waals surface area (Å²) in [6.07, 6.45) is 1.95. The molecule has 1 amide bonds. The van der Waals surface area contributed by atoms with Gasteiger partial charge in [0.2, 0.25) is 0 Å². The third-order valence-corrected chi connectivity index (χ3v) is 6.91. The maximum atomic E-state index is 14.3. The number of halogens is 1. The Labute approximate surface area is 184 Å². The van der Waals surface area contributed by atoms with Crippen molar-refractivity contribution >= 4 is 27.0 Å². The molecule has 1 heterocycles. The number of benzene rings is 3. The highest BCUT2D eigenvalue weighted by molar-refractivity contribution is 7.90. The van der Waals surface area contributed by atoms with E-state index in [2.05, 4.69) is 4.72 Å². The number of amides is 1. The Morgan fingerprint density at radius 1 is 1.00 bits per heavy atom. The lowest BCUT2D eigenvalue weighted by Crippen LogP contribution is -2.30. The Balaban J connectivity index is 1.55. The van der Waals surface area contributed by atoms with Crippen LogP contribution in [0.25, 0.3) is 11.0 Å². The van der Waals surface area contributed by atoms with Gasteiger partial charge in [-0.3, -0.25) is 4.79 Å². The van der Waals surface area contributed by atoms with Crippen molar-refractivity contribution in [1.82, 2.24) is 14.3 Å². The Morgan fingerprint density at radius 2 is 1.72 bits per heavy atom. The fourth-order valence-corrected chi connectivity index (χ4v) is 4.79. The molecule has 0 spiro atoms. The van der Waals surface area contributed by atoms with Crippen LogP contribution in [0.2, 0.25) is 0 Å². The molecule has 1 aromatic heterocycles. The molecule has 0 bridgehead atoms. The topological polar surface area (TPSA) is 81.1 Å². The summed E-state index contributed by atoms with van der Waals surface area (Å²) in [7, 11) is -4.02. The molecule has 1 fully saturated rings. The molecule has 6 nitrogen and oxygen atoms in total. The Morgan fingerprint density at radius 3 is 2.44 bits per heavy atom. The largest absolute Gasteiger partial charge is 0.323 e. The van der Waals surface area contributed by atoms with E-state index in [0.29, 0.717) is 16.6 Å². The van der Waals surface area contributed by atoms with E-state index in [1.165, 1.54) is 18.2 Å². The quantitative estimate of drug-likeness (QED) is 0.478. The predicted octanol–water partition coefficient (Wildman–Crippen LogP) is 4.22. The number of carbonyl (C=O) groups is 1. The van der Waals surface area contributed by atoms with E-state index >= 15 is 0 Å². The Kier molecular flexibility index (Phi) is 5.01. The zero-order chi connectivity index (χ0) is 22.3. The number of hydrogen-bond donors (Lipinski definition) is 1. The first-order valence-corrected chi connectivity index (χ1v) is 11.8. The normalized spacial score (nSPS) is 13.9. The highest BCUT2D eigenvalue weighted by Gasteiger charge is 2.31. The number of rotatable bonds is 6. The molecule has 1 aliphatic rings. The molecule has 0 unspecified atom stereocenters. The van der Waals surface area contributed by atoms with Crippen LogP contribution in [0.1, 0.15) is 40.5 Å². The number of imidazole rings is 1. The lowest BCUT2D eigenvalue weighted by Gasteiger charge is -2.10. The van der Waals surface area contributed by atoms with E-state index in [-0.39, 0.29) is 28.7 Å². The van der Waals surface area contributed by atoms with Gasteiger partial charge in [0, 0.05) is 11.5 Å². The summed E-state index contributed by atoms with van der Waals surface area (Å²) in [5.41, 5.74) is 1.76. The van der Waals surface area contributed by atoms with Gasteiger partial charge in [0.05, 0.1) is 22.5 Å². The Hall–Kier alpha value is -3.52. The minimum atomic E-state index is -4.02. The van der Waals surface area contributed by atoms with Gasteiger partial charge >= 0.3 is 0 Å². The van der Waals surface area contributed by atoms with Gasteiger partial charge in [-0.1, -0.05) is 42.5 Å². The zero-order valence-corrected chi connectivity index (χ0v) is 17.8. The second kappa shape index (κ2) is 7.87. The SMILES string of the molecule is O=C(NS(=O)(=O)c1ccccc1)c1cccc2c1nc(C1CC1)n2Cc1ccccc1F. The van der Waals surface area contributed by atoms with Gasteiger partial charge in [-0.05, 0) is 43.2 Å². The van der Waals surface area contributed by atoms with Crippen molar-refractivity contribution in [2.24, 2.45) is 0 Å². The molecular weight excluding hydrogens is 429 g/mol. The number of nitrogens with one attached hydrogen (secondary N) is 1. The highest BCUT2D eigenvalue weighted by atomic mass is 32.2. The maximum Gasteiger partial charge on any atom is 0.267 e. The molecule has 0 saturated heterocycles. The third-order valence-electron chi connectivity index (χ3n) is 5.56. The average Bonchev–Trinajstić information content (AvgIpc) is 3.57. The minimum Gasteiger partial charge on any atom is -0.323 e. The summed E-state index contributed by atoms with van der Waals surface area (Å²) in [5.74, 6) is -0.0242. The monoisotopic (exact) mass is 449 g/mol. The molecule has 4 aromatic rings. The number of nitrogens with zero attached hydrogens (tertiary/aromatic N) is 2.